The molecule has 1 aromatic heterocycles. The Labute approximate surface area is 152 Å². The molecule has 2 heterocycles. The molecule has 0 saturated carbocycles. The SMILES string of the molecule is Cc1ccnn1-c1ccc(C(=O)OCC(=O)N2C[C@@H](C)O[C@H](C)C2)cc1. The number of esters is 1. The summed E-state index contributed by atoms with van der Waals surface area (Å²) < 4.78 is 12.6. The van der Waals surface area contributed by atoms with Crippen LogP contribution in [0.2, 0.25) is 0 Å². The van der Waals surface area contributed by atoms with Gasteiger partial charge in [0.15, 0.2) is 6.61 Å². The second kappa shape index (κ2) is 7.70. The van der Waals surface area contributed by atoms with E-state index in [1.54, 1.807) is 40.0 Å². The number of hydrogen-bond donors (Lipinski definition) is 0. The lowest BCUT2D eigenvalue weighted by atomic mass is 10.2. The molecule has 7 heteroatoms. The van der Waals surface area contributed by atoms with Crippen LogP contribution in [0.5, 0.6) is 0 Å². The van der Waals surface area contributed by atoms with Crippen molar-refractivity contribution in [3.8, 4) is 5.69 Å². The lowest BCUT2D eigenvalue weighted by Gasteiger charge is -2.35. The Hall–Kier alpha value is -2.67. The van der Waals surface area contributed by atoms with Gasteiger partial charge in [-0.05, 0) is 51.1 Å². The van der Waals surface area contributed by atoms with Gasteiger partial charge in [-0.1, -0.05) is 0 Å². The highest BCUT2D eigenvalue weighted by atomic mass is 16.5. The molecule has 1 saturated heterocycles. The van der Waals surface area contributed by atoms with E-state index < -0.39 is 5.97 Å². The van der Waals surface area contributed by atoms with Crippen molar-refractivity contribution < 1.29 is 19.1 Å². The van der Waals surface area contributed by atoms with E-state index in [9.17, 15) is 9.59 Å². The van der Waals surface area contributed by atoms with Gasteiger partial charge in [-0.2, -0.15) is 5.10 Å². The van der Waals surface area contributed by atoms with E-state index in [1.807, 2.05) is 26.8 Å². The number of ether oxygens (including phenoxy) is 2. The topological polar surface area (TPSA) is 73.7 Å². The molecule has 26 heavy (non-hydrogen) atoms. The quantitative estimate of drug-likeness (QED) is 0.782. The van der Waals surface area contributed by atoms with Crippen LogP contribution in [0.15, 0.2) is 36.5 Å². The maximum Gasteiger partial charge on any atom is 0.338 e. The molecule has 1 aromatic carbocycles. The van der Waals surface area contributed by atoms with Crippen molar-refractivity contribution in [3.63, 3.8) is 0 Å². The fraction of sp³-hybridized carbons (Fsp3) is 0.421. The van der Waals surface area contributed by atoms with E-state index in [0.717, 1.165) is 11.4 Å². The Kier molecular flexibility index (Phi) is 5.37. The number of hydrogen-bond acceptors (Lipinski definition) is 5. The zero-order valence-electron chi connectivity index (χ0n) is 15.2. The number of benzene rings is 1. The number of nitrogens with zero attached hydrogens (tertiary/aromatic N) is 3. The number of aryl methyl sites for hydroxylation is 1. The molecule has 1 fully saturated rings. The van der Waals surface area contributed by atoms with Gasteiger partial charge in [0.1, 0.15) is 0 Å². The van der Waals surface area contributed by atoms with Crippen molar-refractivity contribution in [1.29, 1.82) is 0 Å². The van der Waals surface area contributed by atoms with E-state index in [1.165, 1.54) is 0 Å². The van der Waals surface area contributed by atoms with Crippen LogP contribution in [0.1, 0.15) is 29.9 Å². The molecule has 0 bridgehead atoms. The highest BCUT2D eigenvalue weighted by Crippen LogP contribution is 2.13. The third kappa shape index (κ3) is 4.11. The Morgan fingerprint density at radius 1 is 1.15 bits per heavy atom. The summed E-state index contributed by atoms with van der Waals surface area (Å²) in [6, 6.07) is 8.83. The van der Waals surface area contributed by atoms with Crippen LogP contribution in [0.3, 0.4) is 0 Å². The lowest BCUT2D eigenvalue weighted by Crippen LogP contribution is -2.49. The maximum absolute atomic E-state index is 12.3. The number of carbonyl (C=O) groups excluding carboxylic acids is 2. The van der Waals surface area contributed by atoms with Crippen LogP contribution in [-0.2, 0) is 14.3 Å². The van der Waals surface area contributed by atoms with Crippen molar-refractivity contribution in [2.24, 2.45) is 0 Å². The molecule has 0 spiro atoms. The summed E-state index contributed by atoms with van der Waals surface area (Å²) in [6.45, 7) is 6.55. The minimum Gasteiger partial charge on any atom is -0.452 e. The Balaban J connectivity index is 1.56. The largest absolute Gasteiger partial charge is 0.452 e. The average molecular weight is 357 g/mol. The summed E-state index contributed by atoms with van der Waals surface area (Å²) in [6.07, 6.45) is 1.68. The van der Waals surface area contributed by atoms with E-state index >= 15 is 0 Å². The van der Waals surface area contributed by atoms with Gasteiger partial charge in [-0.15, -0.1) is 0 Å². The first-order chi connectivity index (χ1) is 12.4. The summed E-state index contributed by atoms with van der Waals surface area (Å²) in [5.41, 5.74) is 2.26. The molecular formula is C19H23N3O4. The first-order valence-electron chi connectivity index (χ1n) is 8.65. The number of aromatic nitrogens is 2. The molecule has 0 radical (unpaired) electrons. The van der Waals surface area contributed by atoms with Crippen molar-refractivity contribution in [2.75, 3.05) is 19.7 Å². The predicted octanol–water partition coefficient (Wildman–Crippen LogP) is 1.97. The zero-order chi connectivity index (χ0) is 18.7. The van der Waals surface area contributed by atoms with Crippen LogP contribution in [0.4, 0.5) is 0 Å². The molecule has 7 nitrogen and oxygen atoms in total. The molecular weight excluding hydrogens is 334 g/mol. The number of amides is 1. The fourth-order valence-corrected chi connectivity index (χ4v) is 3.06. The third-order valence-electron chi connectivity index (χ3n) is 4.28. The third-order valence-corrected chi connectivity index (χ3v) is 4.28. The summed E-state index contributed by atoms with van der Waals surface area (Å²) >= 11 is 0. The Morgan fingerprint density at radius 2 is 1.81 bits per heavy atom. The van der Waals surface area contributed by atoms with E-state index in [0.29, 0.717) is 18.7 Å². The molecule has 0 unspecified atom stereocenters. The number of morpholine rings is 1. The second-order valence-electron chi connectivity index (χ2n) is 6.56. The molecule has 2 atom stereocenters. The monoisotopic (exact) mass is 357 g/mol. The maximum atomic E-state index is 12.3. The summed E-state index contributed by atoms with van der Waals surface area (Å²) in [7, 11) is 0. The van der Waals surface area contributed by atoms with E-state index in [4.69, 9.17) is 9.47 Å². The van der Waals surface area contributed by atoms with Crippen molar-refractivity contribution in [2.45, 2.75) is 33.0 Å². The van der Waals surface area contributed by atoms with Gasteiger partial charge in [-0.3, -0.25) is 4.79 Å². The summed E-state index contributed by atoms with van der Waals surface area (Å²) in [5.74, 6) is -0.722. The first kappa shape index (κ1) is 18.1. The second-order valence-corrected chi connectivity index (χ2v) is 6.56. The summed E-state index contributed by atoms with van der Waals surface area (Å²) in [4.78, 5) is 26.1. The van der Waals surface area contributed by atoms with Crippen molar-refractivity contribution >= 4 is 11.9 Å². The van der Waals surface area contributed by atoms with Gasteiger partial charge in [0.2, 0.25) is 0 Å². The standard InChI is InChI=1S/C19H23N3O4/c1-13-8-9-20-22(13)17-6-4-16(5-7-17)19(24)25-12-18(23)21-10-14(2)26-15(3)11-21/h4-9,14-15H,10-12H2,1-3H3/t14-,15-/m1/s1. The van der Waals surface area contributed by atoms with Gasteiger partial charge in [-0.25, -0.2) is 9.48 Å². The van der Waals surface area contributed by atoms with E-state index in [2.05, 4.69) is 5.10 Å². The minimum absolute atomic E-state index is 0.0169. The fourth-order valence-electron chi connectivity index (χ4n) is 3.06. The molecule has 1 amide bonds. The average Bonchev–Trinajstić information content (AvgIpc) is 3.04. The first-order valence-corrected chi connectivity index (χ1v) is 8.65. The highest BCUT2D eigenvalue weighted by Gasteiger charge is 2.26. The van der Waals surface area contributed by atoms with Gasteiger partial charge in [0.25, 0.3) is 5.91 Å². The van der Waals surface area contributed by atoms with Crippen LogP contribution in [0, 0.1) is 6.92 Å². The Morgan fingerprint density at radius 3 is 2.38 bits per heavy atom. The van der Waals surface area contributed by atoms with Crippen LogP contribution in [0.25, 0.3) is 5.69 Å². The Bertz CT molecular complexity index is 774. The lowest BCUT2D eigenvalue weighted by molar-refractivity contribution is -0.146. The predicted molar refractivity (Wildman–Crippen MR) is 95.2 cm³/mol. The van der Waals surface area contributed by atoms with Gasteiger partial charge in [0.05, 0.1) is 23.5 Å². The minimum atomic E-state index is -0.517. The molecule has 1 aliphatic rings. The van der Waals surface area contributed by atoms with E-state index in [-0.39, 0.29) is 24.7 Å². The molecule has 138 valence electrons. The molecule has 0 aliphatic carbocycles. The molecule has 1 aliphatic heterocycles. The van der Waals surface area contributed by atoms with Crippen LogP contribution >= 0.6 is 0 Å². The van der Waals surface area contributed by atoms with Crippen LogP contribution in [-0.4, -0.2) is 58.5 Å². The summed E-state index contributed by atoms with van der Waals surface area (Å²) in [5, 5.41) is 4.22. The van der Waals surface area contributed by atoms with Crippen LogP contribution < -0.4 is 0 Å². The van der Waals surface area contributed by atoms with Gasteiger partial charge < -0.3 is 14.4 Å². The van der Waals surface area contributed by atoms with Gasteiger partial charge >= 0.3 is 5.97 Å². The molecule has 0 N–H and O–H groups in total. The van der Waals surface area contributed by atoms with Crippen molar-refractivity contribution in [3.05, 3.63) is 47.8 Å². The van der Waals surface area contributed by atoms with Crippen molar-refractivity contribution in [1.82, 2.24) is 14.7 Å². The highest BCUT2D eigenvalue weighted by molar-refractivity contribution is 5.91. The normalized spacial score (nSPS) is 20.0. The zero-order valence-corrected chi connectivity index (χ0v) is 15.2. The smallest absolute Gasteiger partial charge is 0.338 e. The molecule has 2 aromatic rings. The van der Waals surface area contributed by atoms with Gasteiger partial charge in [0, 0.05) is 25.0 Å². The molecule has 3 rings (SSSR count). The number of carbonyl (C=O) groups is 2. The number of rotatable bonds is 4.